The fraction of sp³-hybridized carbons (Fsp3) is 0.389. The summed E-state index contributed by atoms with van der Waals surface area (Å²) >= 11 is 0. The number of hydrogen-bond donors (Lipinski definition) is 1. The molecule has 1 aliphatic heterocycles. The highest BCUT2D eigenvalue weighted by Crippen LogP contribution is 2.20. The Morgan fingerprint density at radius 3 is 3.12 bits per heavy atom. The minimum absolute atomic E-state index is 0.0741. The van der Waals surface area contributed by atoms with Gasteiger partial charge in [-0.15, -0.1) is 0 Å². The van der Waals surface area contributed by atoms with E-state index < -0.39 is 5.76 Å². The summed E-state index contributed by atoms with van der Waals surface area (Å²) in [6.45, 7) is 2.04. The van der Waals surface area contributed by atoms with Gasteiger partial charge in [0, 0.05) is 37.2 Å². The first-order chi connectivity index (χ1) is 12.6. The average Bonchev–Trinajstić information content (AvgIpc) is 3.32. The van der Waals surface area contributed by atoms with Crippen LogP contribution in [0, 0.1) is 0 Å². The molecule has 0 saturated carbocycles. The molecule has 1 atom stereocenters. The van der Waals surface area contributed by atoms with Crippen molar-refractivity contribution in [2.75, 3.05) is 18.4 Å². The zero-order valence-corrected chi connectivity index (χ0v) is 14.6. The minimum Gasteiger partial charge on any atom is -0.408 e. The number of amides is 1. The first-order valence-corrected chi connectivity index (χ1v) is 8.71. The van der Waals surface area contributed by atoms with Gasteiger partial charge in [0.25, 0.3) is 0 Å². The molecule has 0 radical (unpaired) electrons. The average molecular weight is 355 g/mol. The van der Waals surface area contributed by atoms with Gasteiger partial charge in [0.2, 0.25) is 5.91 Å². The Kier molecular flexibility index (Phi) is 4.34. The van der Waals surface area contributed by atoms with Gasteiger partial charge in [0.05, 0.1) is 18.6 Å². The smallest absolute Gasteiger partial charge is 0.408 e. The molecule has 3 aromatic rings. The van der Waals surface area contributed by atoms with E-state index >= 15 is 0 Å². The van der Waals surface area contributed by atoms with Crippen LogP contribution in [0.3, 0.4) is 0 Å². The normalized spacial score (nSPS) is 17.8. The molecular weight excluding hydrogens is 334 g/mol. The monoisotopic (exact) mass is 355 g/mol. The van der Waals surface area contributed by atoms with E-state index in [1.165, 1.54) is 4.57 Å². The van der Waals surface area contributed by atoms with Gasteiger partial charge < -0.3 is 9.73 Å². The fourth-order valence-electron chi connectivity index (χ4n) is 3.53. The van der Waals surface area contributed by atoms with Crippen molar-refractivity contribution >= 4 is 22.7 Å². The van der Waals surface area contributed by atoms with Crippen molar-refractivity contribution in [3.05, 3.63) is 47.2 Å². The largest absolute Gasteiger partial charge is 0.419 e. The van der Waals surface area contributed by atoms with E-state index in [0.29, 0.717) is 29.4 Å². The molecule has 26 heavy (non-hydrogen) atoms. The summed E-state index contributed by atoms with van der Waals surface area (Å²) in [6, 6.07) is 7.45. The summed E-state index contributed by atoms with van der Waals surface area (Å²) in [5, 5.41) is 7.15. The van der Waals surface area contributed by atoms with Gasteiger partial charge in [-0.1, -0.05) is 0 Å². The van der Waals surface area contributed by atoms with Gasteiger partial charge in [0.15, 0.2) is 5.58 Å². The topological polar surface area (TPSA) is 85.3 Å². The lowest BCUT2D eigenvalue weighted by atomic mass is 10.2. The second kappa shape index (κ2) is 6.80. The number of carbonyl (C=O) groups is 1. The van der Waals surface area contributed by atoms with Crippen LogP contribution < -0.4 is 11.1 Å². The van der Waals surface area contributed by atoms with E-state index in [1.807, 2.05) is 16.9 Å². The van der Waals surface area contributed by atoms with E-state index in [1.54, 1.807) is 31.4 Å². The molecular formula is C18H21N5O3. The van der Waals surface area contributed by atoms with Crippen LogP contribution in [0.25, 0.3) is 11.1 Å². The maximum atomic E-state index is 12.5. The van der Waals surface area contributed by atoms with Crippen LogP contribution in [0.5, 0.6) is 0 Å². The van der Waals surface area contributed by atoms with E-state index in [9.17, 15) is 9.59 Å². The molecule has 1 aliphatic rings. The number of nitrogens with zero attached hydrogens (tertiary/aromatic N) is 4. The number of benzene rings is 1. The van der Waals surface area contributed by atoms with Crippen molar-refractivity contribution in [3.8, 4) is 0 Å². The fourth-order valence-corrected chi connectivity index (χ4v) is 3.53. The molecule has 0 aliphatic carbocycles. The highest BCUT2D eigenvalue weighted by atomic mass is 16.4. The number of anilines is 1. The number of carbonyl (C=O) groups excluding carboxylic acids is 1. The van der Waals surface area contributed by atoms with Crippen LogP contribution in [-0.2, 0) is 18.4 Å². The van der Waals surface area contributed by atoms with Gasteiger partial charge in [0.1, 0.15) is 0 Å². The molecule has 4 rings (SSSR count). The molecule has 2 aromatic heterocycles. The highest BCUT2D eigenvalue weighted by molar-refractivity contribution is 5.94. The molecule has 1 amide bonds. The van der Waals surface area contributed by atoms with Crippen molar-refractivity contribution in [1.82, 2.24) is 19.2 Å². The second-order valence-electron chi connectivity index (χ2n) is 6.65. The van der Waals surface area contributed by atoms with E-state index in [4.69, 9.17) is 4.42 Å². The Labute approximate surface area is 150 Å². The number of rotatable bonds is 5. The Balaban J connectivity index is 1.41. The van der Waals surface area contributed by atoms with Crippen LogP contribution in [0.15, 0.2) is 45.9 Å². The highest BCUT2D eigenvalue weighted by Gasteiger charge is 2.26. The van der Waals surface area contributed by atoms with Gasteiger partial charge in [-0.05, 0) is 37.6 Å². The zero-order valence-electron chi connectivity index (χ0n) is 14.6. The molecule has 136 valence electrons. The number of likely N-dealkylation sites (tertiary alicyclic amines) is 1. The third kappa shape index (κ3) is 3.28. The molecule has 1 fully saturated rings. The first-order valence-electron chi connectivity index (χ1n) is 8.71. The van der Waals surface area contributed by atoms with Gasteiger partial charge in [-0.25, -0.2) is 4.79 Å². The van der Waals surface area contributed by atoms with Crippen molar-refractivity contribution in [1.29, 1.82) is 0 Å². The van der Waals surface area contributed by atoms with Crippen molar-refractivity contribution in [2.45, 2.75) is 25.4 Å². The summed E-state index contributed by atoms with van der Waals surface area (Å²) in [7, 11) is 1.65. The lowest BCUT2D eigenvalue weighted by Gasteiger charge is -2.23. The summed E-state index contributed by atoms with van der Waals surface area (Å²) in [5.41, 5.74) is 1.79. The van der Waals surface area contributed by atoms with Crippen LogP contribution in [0.4, 0.5) is 5.69 Å². The van der Waals surface area contributed by atoms with Gasteiger partial charge >= 0.3 is 5.76 Å². The minimum atomic E-state index is -0.415. The van der Waals surface area contributed by atoms with E-state index in [2.05, 4.69) is 15.3 Å². The molecule has 0 spiro atoms. The Morgan fingerprint density at radius 1 is 1.42 bits per heavy atom. The third-order valence-electron chi connectivity index (χ3n) is 4.88. The molecule has 1 N–H and O–H groups in total. The maximum absolute atomic E-state index is 12.5. The van der Waals surface area contributed by atoms with E-state index in [-0.39, 0.29) is 5.91 Å². The van der Waals surface area contributed by atoms with Crippen LogP contribution in [0.2, 0.25) is 0 Å². The number of hydrogen-bond acceptors (Lipinski definition) is 5. The Hall–Kier alpha value is -2.87. The maximum Gasteiger partial charge on any atom is 0.419 e. The first kappa shape index (κ1) is 16.6. The number of aryl methyl sites for hydroxylation is 1. The van der Waals surface area contributed by atoms with E-state index in [0.717, 1.165) is 25.9 Å². The SMILES string of the molecule is Cn1c(=O)oc2cc(NC(=O)CN3CCC[C@@H]3Cn3cccn3)ccc21. The summed E-state index contributed by atoms with van der Waals surface area (Å²) in [4.78, 5) is 26.2. The standard InChI is InChI=1S/C18H21N5O3/c1-21-15-6-5-13(10-16(15)26-18(21)25)20-17(24)12-22-8-2-4-14(22)11-23-9-3-7-19-23/h3,5-7,9-10,14H,2,4,8,11-12H2,1H3,(H,20,24)/t14-/m1/s1. The van der Waals surface area contributed by atoms with Crippen LogP contribution in [-0.4, -0.2) is 44.3 Å². The number of oxazole rings is 1. The quantitative estimate of drug-likeness (QED) is 0.748. The number of nitrogens with one attached hydrogen (secondary N) is 1. The van der Waals surface area contributed by atoms with Crippen LogP contribution >= 0.6 is 0 Å². The van der Waals surface area contributed by atoms with Crippen molar-refractivity contribution in [2.24, 2.45) is 7.05 Å². The summed E-state index contributed by atoms with van der Waals surface area (Å²) in [5.74, 6) is -0.489. The summed E-state index contributed by atoms with van der Waals surface area (Å²) < 4.78 is 8.51. The Bertz CT molecular complexity index is 973. The summed E-state index contributed by atoms with van der Waals surface area (Å²) in [6.07, 6.45) is 5.86. The van der Waals surface area contributed by atoms with Gasteiger partial charge in [-0.3, -0.25) is 18.9 Å². The molecule has 0 bridgehead atoms. The van der Waals surface area contributed by atoms with Crippen molar-refractivity contribution in [3.63, 3.8) is 0 Å². The third-order valence-corrected chi connectivity index (χ3v) is 4.88. The number of aromatic nitrogens is 3. The Morgan fingerprint density at radius 2 is 2.31 bits per heavy atom. The second-order valence-corrected chi connectivity index (χ2v) is 6.65. The van der Waals surface area contributed by atoms with Gasteiger partial charge in [-0.2, -0.15) is 5.10 Å². The molecule has 1 aromatic carbocycles. The molecule has 3 heterocycles. The zero-order chi connectivity index (χ0) is 18.1. The number of fused-ring (bicyclic) bond motifs is 1. The molecule has 8 nitrogen and oxygen atoms in total. The molecule has 8 heteroatoms. The predicted molar refractivity (Wildman–Crippen MR) is 96.9 cm³/mol. The van der Waals surface area contributed by atoms with Crippen LogP contribution in [0.1, 0.15) is 12.8 Å². The predicted octanol–water partition coefficient (Wildman–Crippen LogP) is 1.43. The lowest BCUT2D eigenvalue weighted by Crippen LogP contribution is -2.39. The lowest BCUT2D eigenvalue weighted by molar-refractivity contribution is -0.117. The molecule has 0 unspecified atom stereocenters. The molecule has 1 saturated heterocycles. The van der Waals surface area contributed by atoms with Crippen molar-refractivity contribution < 1.29 is 9.21 Å².